The Balaban J connectivity index is 1.16. The number of aromatic amines is 1. The zero-order valence-electron chi connectivity index (χ0n) is 20.6. The Morgan fingerprint density at radius 1 is 1.14 bits per heavy atom. The fourth-order valence-corrected chi connectivity index (χ4v) is 4.64. The van der Waals surface area contributed by atoms with Crippen LogP contribution in [-0.2, 0) is 11.2 Å². The fraction of sp³-hybridized carbons (Fsp3) is 0.370. The van der Waals surface area contributed by atoms with E-state index in [1.54, 1.807) is 10.9 Å². The zero-order valence-corrected chi connectivity index (χ0v) is 20.6. The molecule has 1 aliphatic rings. The number of carbonyl (C=O) groups excluding carboxylic acids is 1. The third-order valence-corrected chi connectivity index (χ3v) is 6.68. The van der Waals surface area contributed by atoms with E-state index < -0.39 is 0 Å². The summed E-state index contributed by atoms with van der Waals surface area (Å²) in [5, 5.41) is 14.9. The number of H-pyrrole nitrogens is 1. The lowest BCUT2D eigenvalue weighted by atomic mass is 9.72. The number of rotatable bonds is 7. The van der Waals surface area contributed by atoms with Crippen LogP contribution in [0.2, 0.25) is 0 Å². The molecule has 0 bridgehead atoms. The van der Waals surface area contributed by atoms with Gasteiger partial charge in [0, 0.05) is 47.7 Å². The monoisotopic (exact) mass is 469 g/mol. The normalized spacial score (nSPS) is 18.2. The Bertz CT molecular complexity index is 1330. The Morgan fingerprint density at radius 2 is 1.97 bits per heavy atom. The SMILES string of the molecule is Cc1cc(Cc2cc(C)[nH]n2)nc(C2CC(C(=O)N[C@@H](C)c3ccc(-n4ccc(C)n4)nc3)C2)c1. The van der Waals surface area contributed by atoms with Crippen molar-refractivity contribution in [2.75, 3.05) is 0 Å². The van der Waals surface area contributed by atoms with Gasteiger partial charge in [-0.3, -0.25) is 14.9 Å². The van der Waals surface area contributed by atoms with E-state index >= 15 is 0 Å². The Morgan fingerprint density at radius 3 is 2.63 bits per heavy atom. The molecule has 0 spiro atoms. The molecule has 4 aromatic rings. The van der Waals surface area contributed by atoms with Crippen LogP contribution in [0.3, 0.4) is 0 Å². The maximum Gasteiger partial charge on any atom is 0.223 e. The first-order valence-electron chi connectivity index (χ1n) is 12.1. The number of nitrogens with zero attached hydrogens (tertiary/aromatic N) is 5. The molecule has 35 heavy (non-hydrogen) atoms. The van der Waals surface area contributed by atoms with E-state index in [0.29, 0.717) is 12.3 Å². The molecule has 4 aromatic heterocycles. The van der Waals surface area contributed by atoms with Gasteiger partial charge in [-0.15, -0.1) is 0 Å². The quantitative estimate of drug-likeness (QED) is 0.421. The smallest absolute Gasteiger partial charge is 0.223 e. The number of hydrogen-bond donors (Lipinski definition) is 2. The molecule has 1 saturated carbocycles. The largest absolute Gasteiger partial charge is 0.349 e. The number of aryl methyl sites for hydroxylation is 3. The van der Waals surface area contributed by atoms with Gasteiger partial charge in [-0.2, -0.15) is 10.2 Å². The van der Waals surface area contributed by atoms with Gasteiger partial charge in [-0.05, 0) is 82.0 Å². The molecule has 1 amide bonds. The van der Waals surface area contributed by atoms with Crippen molar-refractivity contribution in [3.05, 3.63) is 88.4 Å². The van der Waals surface area contributed by atoms with Crippen LogP contribution in [0.4, 0.5) is 0 Å². The number of aromatic nitrogens is 6. The summed E-state index contributed by atoms with van der Waals surface area (Å²) in [6, 6.07) is 12.1. The van der Waals surface area contributed by atoms with E-state index in [4.69, 9.17) is 4.98 Å². The van der Waals surface area contributed by atoms with E-state index in [1.807, 2.05) is 45.2 Å². The van der Waals surface area contributed by atoms with E-state index in [0.717, 1.165) is 52.7 Å². The van der Waals surface area contributed by atoms with Crippen molar-refractivity contribution in [3.8, 4) is 5.82 Å². The van der Waals surface area contributed by atoms with Gasteiger partial charge in [0.15, 0.2) is 5.82 Å². The van der Waals surface area contributed by atoms with Crippen LogP contribution in [0.15, 0.2) is 48.8 Å². The average molecular weight is 470 g/mol. The molecule has 5 rings (SSSR count). The topological polar surface area (TPSA) is 101 Å². The van der Waals surface area contributed by atoms with Crippen molar-refractivity contribution in [2.24, 2.45) is 5.92 Å². The lowest BCUT2D eigenvalue weighted by Gasteiger charge is -2.35. The third-order valence-electron chi connectivity index (χ3n) is 6.68. The molecule has 1 atom stereocenters. The van der Waals surface area contributed by atoms with E-state index in [9.17, 15) is 4.79 Å². The number of carbonyl (C=O) groups is 1. The van der Waals surface area contributed by atoms with Crippen LogP contribution >= 0.6 is 0 Å². The van der Waals surface area contributed by atoms with Crippen LogP contribution in [0, 0.1) is 26.7 Å². The number of hydrogen-bond acceptors (Lipinski definition) is 5. The summed E-state index contributed by atoms with van der Waals surface area (Å²) in [4.78, 5) is 22.3. The molecule has 8 heteroatoms. The molecule has 1 aliphatic carbocycles. The summed E-state index contributed by atoms with van der Waals surface area (Å²) in [5.74, 6) is 1.19. The highest BCUT2D eigenvalue weighted by atomic mass is 16.2. The van der Waals surface area contributed by atoms with Gasteiger partial charge in [-0.25, -0.2) is 9.67 Å². The second-order valence-corrected chi connectivity index (χ2v) is 9.73. The first-order valence-corrected chi connectivity index (χ1v) is 12.1. The standard InChI is InChI=1S/C27H31N7O/c1-16-9-23(14-24-11-18(3)31-32-24)30-25(10-16)21-12-22(13-21)27(35)29-19(4)20-5-6-26(28-15-20)34-8-7-17(2)33-34/h5-11,15,19,21-22H,12-14H2,1-4H3,(H,29,35)(H,31,32)/t19-,21?,22?/m0/s1. The molecule has 180 valence electrons. The molecule has 0 unspecified atom stereocenters. The van der Waals surface area contributed by atoms with Gasteiger partial charge in [0.05, 0.1) is 17.4 Å². The van der Waals surface area contributed by atoms with Crippen LogP contribution in [0.25, 0.3) is 5.82 Å². The van der Waals surface area contributed by atoms with Gasteiger partial charge >= 0.3 is 0 Å². The number of pyridine rings is 2. The van der Waals surface area contributed by atoms with Gasteiger partial charge in [0.1, 0.15) is 0 Å². The zero-order chi connectivity index (χ0) is 24.5. The lowest BCUT2D eigenvalue weighted by molar-refractivity contribution is -0.128. The van der Waals surface area contributed by atoms with Crippen LogP contribution in [0.5, 0.6) is 0 Å². The van der Waals surface area contributed by atoms with Gasteiger partial charge in [-0.1, -0.05) is 6.07 Å². The summed E-state index contributed by atoms with van der Waals surface area (Å²) in [7, 11) is 0. The molecule has 2 N–H and O–H groups in total. The molecule has 1 fully saturated rings. The van der Waals surface area contributed by atoms with Crippen molar-refractivity contribution in [2.45, 2.75) is 58.9 Å². The molecule has 0 aliphatic heterocycles. The van der Waals surface area contributed by atoms with Crippen LogP contribution < -0.4 is 5.32 Å². The van der Waals surface area contributed by atoms with Crippen molar-refractivity contribution in [3.63, 3.8) is 0 Å². The summed E-state index contributed by atoms with van der Waals surface area (Å²) >= 11 is 0. The molecule has 0 radical (unpaired) electrons. The first kappa shape index (κ1) is 23.0. The van der Waals surface area contributed by atoms with E-state index in [2.05, 4.69) is 50.7 Å². The Labute approximate surface area is 205 Å². The molecular formula is C27H31N7O. The van der Waals surface area contributed by atoms with E-state index in [-0.39, 0.29) is 17.9 Å². The fourth-order valence-electron chi connectivity index (χ4n) is 4.64. The summed E-state index contributed by atoms with van der Waals surface area (Å²) in [6.07, 6.45) is 6.05. The predicted octanol–water partition coefficient (Wildman–Crippen LogP) is 4.27. The van der Waals surface area contributed by atoms with Gasteiger partial charge in [0.25, 0.3) is 0 Å². The van der Waals surface area contributed by atoms with Crippen LogP contribution in [-0.4, -0.2) is 35.9 Å². The maximum absolute atomic E-state index is 12.9. The number of nitrogens with one attached hydrogen (secondary N) is 2. The molecule has 0 saturated heterocycles. The highest BCUT2D eigenvalue weighted by Gasteiger charge is 2.36. The Kier molecular flexibility index (Phi) is 6.19. The third kappa shape index (κ3) is 5.16. The molecule has 8 nitrogen and oxygen atoms in total. The Hall–Kier alpha value is -3.81. The van der Waals surface area contributed by atoms with Crippen molar-refractivity contribution in [1.82, 2.24) is 35.3 Å². The summed E-state index contributed by atoms with van der Waals surface area (Å²) in [5.41, 5.74) is 7.26. The van der Waals surface area contributed by atoms with Crippen molar-refractivity contribution >= 4 is 5.91 Å². The minimum absolute atomic E-state index is 0.0153. The summed E-state index contributed by atoms with van der Waals surface area (Å²) in [6.45, 7) is 8.04. The minimum Gasteiger partial charge on any atom is -0.349 e. The van der Waals surface area contributed by atoms with Crippen molar-refractivity contribution < 1.29 is 4.79 Å². The first-order chi connectivity index (χ1) is 16.8. The molecule has 0 aromatic carbocycles. The second-order valence-electron chi connectivity index (χ2n) is 9.73. The van der Waals surface area contributed by atoms with E-state index in [1.165, 1.54) is 5.56 Å². The van der Waals surface area contributed by atoms with Crippen LogP contribution in [0.1, 0.15) is 71.3 Å². The predicted molar refractivity (Wildman–Crippen MR) is 133 cm³/mol. The molecular weight excluding hydrogens is 438 g/mol. The van der Waals surface area contributed by atoms with Crippen molar-refractivity contribution in [1.29, 1.82) is 0 Å². The second kappa shape index (κ2) is 9.44. The minimum atomic E-state index is -0.108. The van der Waals surface area contributed by atoms with Gasteiger partial charge < -0.3 is 5.32 Å². The summed E-state index contributed by atoms with van der Waals surface area (Å²) < 4.78 is 1.75. The highest BCUT2D eigenvalue weighted by molar-refractivity contribution is 5.80. The van der Waals surface area contributed by atoms with Gasteiger partial charge in [0.2, 0.25) is 5.91 Å². The average Bonchev–Trinajstić information content (AvgIpc) is 3.40. The maximum atomic E-state index is 12.9. The molecule has 4 heterocycles. The number of amides is 1. The highest BCUT2D eigenvalue weighted by Crippen LogP contribution is 2.41. The lowest BCUT2D eigenvalue weighted by Crippen LogP contribution is -2.39.